The van der Waals surface area contributed by atoms with Crippen LogP contribution in [0.25, 0.3) is 10.9 Å². The summed E-state index contributed by atoms with van der Waals surface area (Å²) in [7, 11) is 1.68. The van der Waals surface area contributed by atoms with E-state index in [1.807, 2.05) is 67.3 Å². The van der Waals surface area contributed by atoms with Gasteiger partial charge in [0.25, 0.3) is 0 Å². The number of benzene rings is 3. The van der Waals surface area contributed by atoms with Gasteiger partial charge in [-0.25, -0.2) is 4.98 Å². The summed E-state index contributed by atoms with van der Waals surface area (Å²) in [4.78, 5) is 9.98. The average Bonchev–Trinajstić information content (AvgIpc) is 3.58. The number of anilines is 1. The van der Waals surface area contributed by atoms with Gasteiger partial charge in [0.1, 0.15) is 5.75 Å². The molecular formula is C31H30N6OS. The van der Waals surface area contributed by atoms with Gasteiger partial charge in [-0.15, -0.1) is 0 Å². The Bertz CT molecular complexity index is 1610. The first kappa shape index (κ1) is 26.0. The molecule has 0 spiro atoms. The first-order valence-corrected chi connectivity index (χ1v) is 13.2. The zero-order chi connectivity index (χ0) is 27.2. The number of methoxy groups -OCH3 is 1. The molecular weight excluding hydrogens is 504 g/mol. The van der Waals surface area contributed by atoms with E-state index in [2.05, 4.69) is 55.9 Å². The van der Waals surface area contributed by atoms with Crippen molar-refractivity contribution >= 4 is 33.9 Å². The summed E-state index contributed by atoms with van der Waals surface area (Å²) in [6.45, 7) is 4.10. The maximum atomic E-state index is 9.08. The molecule has 0 saturated carbocycles. The molecule has 0 radical (unpaired) electrons. The number of hydrogen-bond acceptors (Lipinski definition) is 4. The van der Waals surface area contributed by atoms with Crippen molar-refractivity contribution in [3.63, 3.8) is 0 Å². The van der Waals surface area contributed by atoms with Gasteiger partial charge >= 0.3 is 0 Å². The van der Waals surface area contributed by atoms with E-state index in [0.29, 0.717) is 30.3 Å². The lowest BCUT2D eigenvalue weighted by molar-refractivity contribution is 0.414. The molecule has 0 aliphatic heterocycles. The number of rotatable bonds is 9. The Morgan fingerprint density at radius 3 is 2.67 bits per heavy atom. The molecule has 0 saturated heterocycles. The van der Waals surface area contributed by atoms with Crippen molar-refractivity contribution in [3.8, 4) is 11.8 Å². The third-order valence-electron chi connectivity index (χ3n) is 6.80. The van der Waals surface area contributed by atoms with Crippen LogP contribution in [0, 0.1) is 18.3 Å². The van der Waals surface area contributed by atoms with Crippen molar-refractivity contribution < 1.29 is 4.74 Å². The molecule has 0 aliphatic rings. The van der Waals surface area contributed by atoms with E-state index in [1.54, 1.807) is 7.11 Å². The van der Waals surface area contributed by atoms with Gasteiger partial charge < -0.3 is 24.5 Å². The zero-order valence-corrected chi connectivity index (χ0v) is 22.8. The minimum Gasteiger partial charge on any atom is -0.497 e. The highest BCUT2D eigenvalue weighted by Crippen LogP contribution is 2.25. The third kappa shape index (κ3) is 6.28. The Labute approximate surface area is 233 Å². The number of imidazole rings is 1. The second-order valence-corrected chi connectivity index (χ2v) is 9.90. The molecule has 39 heavy (non-hydrogen) atoms. The van der Waals surface area contributed by atoms with Crippen molar-refractivity contribution in [3.05, 3.63) is 113 Å². The normalized spacial score (nSPS) is 10.8. The lowest BCUT2D eigenvalue weighted by Crippen LogP contribution is -2.36. The minimum absolute atomic E-state index is 0.634. The van der Waals surface area contributed by atoms with Gasteiger partial charge in [-0.3, -0.25) is 0 Å². The van der Waals surface area contributed by atoms with Crippen molar-refractivity contribution in [2.75, 3.05) is 19.0 Å². The Balaban J connectivity index is 1.36. The molecule has 2 heterocycles. The molecule has 5 rings (SSSR count). The monoisotopic (exact) mass is 534 g/mol. The highest BCUT2D eigenvalue weighted by molar-refractivity contribution is 7.80. The van der Waals surface area contributed by atoms with Crippen LogP contribution in [0.5, 0.6) is 5.75 Å². The van der Waals surface area contributed by atoms with Crippen LogP contribution in [-0.2, 0) is 19.5 Å². The summed E-state index contributed by atoms with van der Waals surface area (Å²) in [5.74, 6) is 0.821. The van der Waals surface area contributed by atoms with E-state index >= 15 is 0 Å². The highest BCUT2D eigenvalue weighted by Gasteiger charge is 2.16. The zero-order valence-electron chi connectivity index (χ0n) is 22.0. The van der Waals surface area contributed by atoms with E-state index in [-0.39, 0.29) is 0 Å². The standard InChI is InChI=1S/C31H30N6OS/c1-22-3-9-26(10-4-22)35-31(39)36(20-25-17-34-30-12-11-28(38-2)15-29(25)30)14-13-27-18-33-21-37(27)19-24-7-5-23(16-32)6-8-24/h3-12,15,17-18,21,34H,13-14,19-20H2,1-2H3,(H,35,39). The number of aromatic amines is 1. The molecule has 7 nitrogen and oxygen atoms in total. The molecule has 2 N–H and O–H groups in total. The minimum atomic E-state index is 0.634. The molecule has 0 unspecified atom stereocenters. The van der Waals surface area contributed by atoms with Gasteiger partial charge in [0.15, 0.2) is 5.11 Å². The third-order valence-corrected chi connectivity index (χ3v) is 7.16. The molecule has 0 bridgehead atoms. The number of ether oxygens (including phenoxy) is 1. The first-order chi connectivity index (χ1) is 19.0. The molecule has 0 aliphatic carbocycles. The van der Waals surface area contributed by atoms with Crippen LogP contribution >= 0.6 is 12.2 Å². The Morgan fingerprint density at radius 1 is 1.13 bits per heavy atom. The molecule has 0 atom stereocenters. The topological polar surface area (TPSA) is 81.9 Å². The van der Waals surface area contributed by atoms with Gasteiger partial charge in [0, 0.05) is 60.7 Å². The summed E-state index contributed by atoms with van der Waals surface area (Å²) in [6, 6.07) is 24.1. The van der Waals surface area contributed by atoms with Gasteiger partial charge in [-0.1, -0.05) is 29.8 Å². The number of fused-ring (bicyclic) bond motifs is 1. The van der Waals surface area contributed by atoms with E-state index in [4.69, 9.17) is 22.2 Å². The summed E-state index contributed by atoms with van der Waals surface area (Å²) in [6.07, 6.45) is 6.57. The number of nitrogens with zero attached hydrogens (tertiary/aromatic N) is 4. The molecule has 3 aromatic carbocycles. The number of aryl methyl sites for hydroxylation is 1. The van der Waals surface area contributed by atoms with Crippen molar-refractivity contribution in [2.24, 2.45) is 0 Å². The quantitative estimate of drug-likeness (QED) is 0.224. The largest absolute Gasteiger partial charge is 0.497 e. The van der Waals surface area contributed by atoms with Gasteiger partial charge in [-0.2, -0.15) is 5.26 Å². The second-order valence-electron chi connectivity index (χ2n) is 9.51. The van der Waals surface area contributed by atoms with Crippen LogP contribution in [0.1, 0.15) is 27.9 Å². The Hall–Kier alpha value is -4.61. The summed E-state index contributed by atoms with van der Waals surface area (Å²) >= 11 is 5.92. The fourth-order valence-electron chi connectivity index (χ4n) is 4.54. The van der Waals surface area contributed by atoms with Crippen LogP contribution in [0.15, 0.2) is 85.5 Å². The number of nitrogens with one attached hydrogen (secondary N) is 2. The molecule has 2 aromatic heterocycles. The second kappa shape index (κ2) is 11.8. The van der Waals surface area contributed by atoms with Gasteiger partial charge in [0.05, 0.1) is 25.1 Å². The SMILES string of the molecule is COc1ccc2[nH]cc(CN(CCc3cncn3Cc3ccc(C#N)cc3)C(=S)Nc3ccc(C)cc3)c2c1. The first-order valence-electron chi connectivity index (χ1n) is 12.8. The molecule has 196 valence electrons. The Morgan fingerprint density at radius 2 is 1.92 bits per heavy atom. The van der Waals surface area contributed by atoms with Crippen LogP contribution in [0.4, 0.5) is 5.69 Å². The van der Waals surface area contributed by atoms with Crippen LogP contribution in [-0.4, -0.2) is 38.2 Å². The van der Waals surface area contributed by atoms with Crippen LogP contribution in [0.3, 0.4) is 0 Å². The molecule has 5 aromatic rings. The van der Waals surface area contributed by atoms with E-state index in [1.165, 1.54) is 5.56 Å². The van der Waals surface area contributed by atoms with Crippen molar-refractivity contribution in [2.45, 2.75) is 26.4 Å². The summed E-state index contributed by atoms with van der Waals surface area (Å²) < 4.78 is 7.61. The van der Waals surface area contributed by atoms with Crippen molar-refractivity contribution in [1.82, 2.24) is 19.4 Å². The predicted octanol–water partition coefficient (Wildman–Crippen LogP) is 6.04. The van der Waals surface area contributed by atoms with Crippen molar-refractivity contribution in [1.29, 1.82) is 5.26 Å². The number of thiocarbonyl (C=S) groups is 1. The highest BCUT2D eigenvalue weighted by atomic mass is 32.1. The van der Waals surface area contributed by atoms with E-state index < -0.39 is 0 Å². The van der Waals surface area contributed by atoms with Crippen LogP contribution in [0.2, 0.25) is 0 Å². The van der Waals surface area contributed by atoms with Gasteiger partial charge in [0.2, 0.25) is 0 Å². The fourth-order valence-corrected chi connectivity index (χ4v) is 4.82. The number of nitriles is 1. The average molecular weight is 535 g/mol. The molecule has 0 fully saturated rings. The smallest absolute Gasteiger partial charge is 0.173 e. The molecule has 8 heteroatoms. The lowest BCUT2D eigenvalue weighted by atomic mass is 10.1. The molecule has 0 amide bonds. The predicted molar refractivity (Wildman–Crippen MR) is 159 cm³/mol. The van der Waals surface area contributed by atoms with Crippen LogP contribution < -0.4 is 10.1 Å². The Kier molecular flexibility index (Phi) is 7.90. The number of hydrogen-bond donors (Lipinski definition) is 2. The van der Waals surface area contributed by atoms with E-state index in [9.17, 15) is 0 Å². The summed E-state index contributed by atoms with van der Waals surface area (Å²) in [5.41, 5.74) is 7.25. The summed E-state index contributed by atoms with van der Waals surface area (Å²) in [5, 5.41) is 14.3. The maximum absolute atomic E-state index is 9.08. The maximum Gasteiger partial charge on any atom is 0.173 e. The fraction of sp³-hybridized carbons (Fsp3) is 0.194. The number of H-pyrrole nitrogens is 1. The lowest BCUT2D eigenvalue weighted by Gasteiger charge is -2.26. The van der Waals surface area contributed by atoms with E-state index in [0.717, 1.165) is 45.6 Å². The number of aromatic nitrogens is 3. The van der Waals surface area contributed by atoms with Gasteiger partial charge in [-0.05, 0) is 72.7 Å².